The van der Waals surface area contributed by atoms with Crippen LogP contribution in [0.5, 0.6) is 0 Å². The molecule has 0 spiro atoms. The van der Waals surface area contributed by atoms with Crippen molar-refractivity contribution in [3.63, 3.8) is 0 Å². The van der Waals surface area contributed by atoms with E-state index in [9.17, 15) is 18.0 Å². The molecule has 1 unspecified atom stereocenters. The summed E-state index contributed by atoms with van der Waals surface area (Å²) < 4.78 is 27.0. The van der Waals surface area contributed by atoms with Gasteiger partial charge in [0.25, 0.3) is 0 Å². The number of nitrogens with zero attached hydrogens (tertiary/aromatic N) is 2. The molecule has 0 radical (unpaired) electrons. The standard InChI is InChI=1S/C25H30BrCl2N3O4S/c1-17(25(33)29-20-6-4-3-5-7-20)30(15-18-8-13-22(27)23(28)14-18)24(32)16-31(36(2,34)35)21-11-9-19(26)10-12-21/h8-14,17,20H,3-7,15-16H2,1-2H3,(H,29,33). The van der Waals surface area contributed by atoms with Crippen LogP contribution in [0.15, 0.2) is 46.9 Å². The number of benzene rings is 2. The van der Waals surface area contributed by atoms with Crippen molar-refractivity contribution in [3.05, 3.63) is 62.5 Å². The van der Waals surface area contributed by atoms with Gasteiger partial charge in [-0.3, -0.25) is 13.9 Å². The molecule has 0 bridgehead atoms. The number of hydrogen-bond donors (Lipinski definition) is 1. The summed E-state index contributed by atoms with van der Waals surface area (Å²) >= 11 is 15.6. The fourth-order valence-corrected chi connectivity index (χ4v) is 5.64. The maximum atomic E-state index is 13.6. The van der Waals surface area contributed by atoms with Crippen LogP contribution in [-0.2, 0) is 26.2 Å². The Labute approximate surface area is 231 Å². The molecule has 2 aromatic carbocycles. The van der Waals surface area contributed by atoms with Crippen LogP contribution in [0.3, 0.4) is 0 Å². The zero-order chi connectivity index (χ0) is 26.5. The van der Waals surface area contributed by atoms with Gasteiger partial charge in [-0.2, -0.15) is 0 Å². The molecular weight excluding hydrogens is 589 g/mol. The van der Waals surface area contributed by atoms with Crippen LogP contribution in [0.25, 0.3) is 0 Å². The Balaban J connectivity index is 1.88. The second-order valence-corrected chi connectivity index (χ2v) is 12.7. The number of rotatable bonds is 9. The molecule has 7 nitrogen and oxygen atoms in total. The molecule has 1 fully saturated rings. The van der Waals surface area contributed by atoms with Crippen LogP contribution in [0.2, 0.25) is 10.0 Å². The third-order valence-corrected chi connectivity index (χ3v) is 8.66. The van der Waals surface area contributed by atoms with Crippen molar-refractivity contribution in [1.82, 2.24) is 10.2 Å². The monoisotopic (exact) mass is 617 g/mol. The molecule has 2 amide bonds. The minimum atomic E-state index is -3.78. The minimum absolute atomic E-state index is 0.0624. The molecule has 0 aromatic heterocycles. The van der Waals surface area contributed by atoms with Crippen molar-refractivity contribution >= 4 is 66.7 Å². The van der Waals surface area contributed by atoms with E-state index in [2.05, 4.69) is 21.2 Å². The highest BCUT2D eigenvalue weighted by Crippen LogP contribution is 2.25. The quantitative estimate of drug-likeness (QED) is 0.408. The number of amides is 2. The SMILES string of the molecule is CC(C(=O)NC1CCCCC1)N(Cc1ccc(Cl)c(Cl)c1)C(=O)CN(c1ccc(Br)cc1)S(C)(=O)=O. The van der Waals surface area contributed by atoms with Gasteiger partial charge in [-0.15, -0.1) is 0 Å². The lowest BCUT2D eigenvalue weighted by atomic mass is 9.95. The van der Waals surface area contributed by atoms with Gasteiger partial charge < -0.3 is 10.2 Å². The van der Waals surface area contributed by atoms with Crippen LogP contribution >= 0.6 is 39.1 Å². The Morgan fingerprint density at radius 2 is 1.69 bits per heavy atom. The second kappa shape index (κ2) is 12.6. The highest BCUT2D eigenvalue weighted by molar-refractivity contribution is 9.10. The number of hydrogen-bond acceptors (Lipinski definition) is 4. The Hall–Kier alpha value is -1.81. The lowest BCUT2D eigenvalue weighted by Crippen LogP contribution is -2.52. The summed E-state index contributed by atoms with van der Waals surface area (Å²) in [7, 11) is -3.78. The molecular formula is C25H30BrCl2N3O4S. The third-order valence-electron chi connectivity index (χ3n) is 6.25. The highest BCUT2D eigenvalue weighted by Gasteiger charge is 2.31. The smallest absolute Gasteiger partial charge is 0.244 e. The van der Waals surface area contributed by atoms with Crippen molar-refractivity contribution in [2.24, 2.45) is 0 Å². The number of sulfonamides is 1. The number of anilines is 1. The van der Waals surface area contributed by atoms with Gasteiger partial charge in [0, 0.05) is 17.1 Å². The molecule has 2 aromatic rings. The zero-order valence-corrected chi connectivity index (χ0v) is 24.1. The first kappa shape index (κ1) is 28.8. The van der Waals surface area contributed by atoms with Gasteiger partial charge in [0.05, 0.1) is 22.0 Å². The molecule has 1 N–H and O–H groups in total. The average molecular weight is 619 g/mol. The van der Waals surface area contributed by atoms with Crippen molar-refractivity contribution in [2.75, 3.05) is 17.1 Å². The summed E-state index contributed by atoms with van der Waals surface area (Å²) in [6.07, 6.45) is 6.13. The summed E-state index contributed by atoms with van der Waals surface area (Å²) in [6, 6.07) is 10.9. The largest absolute Gasteiger partial charge is 0.352 e. The van der Waals surface area contributed by atoms with Crippen molar-refractivity contribution in [1.29, 1.82) is 0 Å². The van der Waals surface area contributed by atoms with Gasteiger partial charge in [-0.25, -0.2) is 8.42 Å². The Morgan fingerprint density at radius 3 is 2.28 bits per heavy atom. The Kier molecular flexibility index (Phi) is 10.1. The van der Waals surface area contributed by atoms with E-state index in [0.717, 1.165) is 47.1 Å². The Bertz CT molecular complexity index is 1190. The predicted octanol–water partition coefficient (Wildman–Crippen LogP) is 5.39. The van der Waals surface area contributed by atoms with Crippen LogP contribution in [-0.4, -0.2) is 50.0 Å². The van der Waals surface area contributed by atoms with Crippen molar-refractivity contribution < 1.29 is 18.0 Å². The van der Waals surface area contributed by atoms with Crippen molar-refractivity contribution in [2.45, 2.75) is 57.7 Å². The number of carbonyl (C=O) groups excluding carboxylic acids is 2. The van der Waals surface area contributed by atoms with Crippen molar-refractivity contribution in [3.8, 4) is 0 Å². The third kappa shape index (κ3) is 7.84. The van der Waals surface area contributed by atoms with Gasteiger partial charge in [-0.1, -0.05) is 64.5 Å². The summed E-state index contributed by atoms with van der Waals surface area (Å²) in [5, 5.41) is 3.77. The molecule has 3 rings (SSSR count). The molecule has 1 aliphatic carbocycles. The average Bonchev–Trinajstić information content (AvgIpc) is 2.83. The van der Waals surface area contributed by atoms with Gasteiger partial charge in [0.15, 0.2) is 0 Å². The van der Waals surface area contributed by atoms with E-state index in [4.69, 9.17) is 23.2 Å². The molecule has 196 valence electrons. The summed E-state index contributed by atoms with van der Waals surface area (Å²) in [5.41, 5.74) is 1.02. The fraction of sp³-hybridized carbons (Fsp3) is 0.440. The lowest BCUT2D eigenvalue weighted by Gasteiger charge is -2.33. The number of carbonyl (C=O) groups is 2. The fourth-order valence-electron chi connectivity index (χ4n) is 4.21. The highest BCUT2D eigenvalue weighted by atomic mass is 79.9. The zero-order valence-electron chi connectivity index (χ0n) is 20.2. The second-order valence-electron chi connectivity index (χ2n) is 9.04. The maximum Gasteiger partial charge on any atom is 0.244 e. The molecule has 36 heavy (non-hydrogen) atoms. The lowest BCUT2D eigenvalue weighted by molar-refractivity contribution is -0.139. The first-order chi connectivity index (χ1) is 17.0. The van der Waals surface area contributed by atoms with E-state index in [1.165, 1.54) is 4.90 Å². The molecule has 0 heterocycles. The van der Waals surface area contributed by atoms with E-state index in [1.54, 1.807) is 49.4 Å². The number of halogens is 3. The molecule has 0 aliphatic heterocycles. The predicted molar refractivity (Wildman–Crippen MR) is 148 cm³/mol. The van der Waals surface area contributed by atoms with Gasteiger partial charge >= 0.3 is 0 Å². The summed E-state index contributed by atoms with van der Waals surface area (Å²) in [6.45, 7) is 1.26. The number of nitrogens with one attached hydrogen (secondary N) is 1. The molecule has 1 atom stereocenters. The van der Waals surface area contributed by atoms with E-state index in [1.807, 2.05) is 0 Å². The normalized spacial score (nSPS) is 15.2. The first-order valence-electron chi connectivity index (χ1n) is 11.7. The Morgan fingerprint density at radius 1 is 1.06 bits per heavy atom. The van der Waals surface area contributed by atoms with E-state index >= 15 is 0 Å². The van der Waals surface area contributed by atoms with Gasteiger partial charge in [0.1, 0.15) is 12.6 Å². The topological polar surface area (TPSA) is 86.8 Å². The van der Waals surface area contributed by atoms with Crippen LogP contribution in [0.1, 0.15) is 44.6 Å². The molecule has 1 saturated carbocycles. The van der Waals surface area contributed by atoms with Crippen LogP contribution in [0, 0.1) is 0 Å². The minimum Gasteiger partial charge on any atom is -0.352 e. The van der Waals surface area contributed by atoms with E-state index in [0.29, 0.717) is 21.3 Å². The molecule has 1 aliphatic rings. The summed E-state index contributed by atoms with van der Waals surface area (Å²) in [5.74, 6) is -0.787. The summed E-state index contributed by atoms with van der Waals surface area (Å²) in [4.78, 5) is 28.2. The van der Waals surface area contributed by atoms with E-state index in [-0.39, 0.29) is 18.5 Å². The van der Waals surface area contributed by atoms with Crippen LogP contribution in [0.4, 0.5) is 5.69 Å². The maximum absolute atomic E-state index is 13.6. The van der Waals surface area contributed by atoms with Crippen LogP contribution < -0.4 is 9.62 Å². The van der Waals surface area contributed by atoms with Gasteiger partial charge in [0.2, 0.25) is 21.8 Å². The molecule has 0 saturated heterocycles. The molecule has 11 heteroatoms. The van der Waals surface area contributed by atoms with Gasteiger partial charge in [-0.05, 0) is 61.7 Å². The first-order valence-corrected chi connectivity index (χ1v) is 15.1. The van der Waals surface area contributed by atoms with E-state index < -0.39 is 28.5 Å².